The first-order valence-corrected chi connectivity index (χ1v) is 7.29. The van der Waals surface area contributed by atoms with Gasteiger partial charge in [0.25, 0.3) is 0 Å². The maximum Gasteiger partial charge on any atom is 0.161 e. The summed E-state index contributed by atoms with van der Waals surface area (Å²) in [6.07, 6.45) is 0.150. The highest BCUT2D eigenvalue weighted by Gasteiger charge is 2.07. The number of hydrogen-bond acceptors (Lipinski definition) is 4. The van der Waals surface area contributed by atoms with Gasteiger partial charge in [-0.1, -0.05) is 13.0 Å². The molecule has 1 aromatic rings. The van der Waals surface area contributed by atoms with Gasteiger partial charge in [0.05, 0.1) is 13.2 Å². The Labute approximate surface area is 123 Å². The SMILES string of the molecule is CCN(C)CCNCc1ccc(OC(C)C)c(OC)c1. The lowest BCUT2D eigenvalue weighted by molar-refractivity contribution is 0.230. The minimum absolute atomic E-state index is 0.150. The maximum absolute atomic E-state index is 5.71. The fourth-order valence-electron chi connectivity index (χ4n) is 1.83. The average molecular weight is 280 g/mol. The molecular weight excluding hydrogens is 252 g/mol. The number of nitrogens with one attached hydrogen (secondary N) is 1. The van der Waals surface area contributed by atoms with Crippen LogP contribution in [-0.2, 0) is 6.54 Å². The Balaban J connectivity index is 2.51. The molecule has 0 saturated heterocycles. The van der Waals surface area contributed by atoms with E-state index in [0.29, 0.717) is 0 Å². The van der Waals surface area contributed by atoms with Crippen LogP contribution in [0.2, 0.25) is 0 Å². The van der Waals surface area contributed by atoms with Gasteiger partial charge in [0.2, 0.25) is 0 Å². The summed E-state index contributed by atoms with van der Waals surface area (Å²) in [5.41, 5.74) is 1.21. The first-order valence-electron chi connectivity index (χ1n) is 7.29. The van der Waals surface area contributed by atoms with Gasteiger partial charge in [-0.15, -0.1) is 0 Å². The third-order valence-corrected chi connectivity index (χ3v) is 3.13. The highest BCUT2D eigenvalue weighted by molar-refractivity contribution is 5.43. The zero-order chi connectivity index (χ0) is 15.0. The van der Waals surface area contributed by atoms with E-state index in [0.717, 1.165) is 37.7 Å². The highest BCUT2D eigenvalue weighted by Crippen LogP contribution is 2.28. The quantitative estimate of drug-likeness (QED) is 0.705. The van der Waals surface area contributed by atoms with Crippen molar-refractivity contribution in [2.45, 2.75) is 33.4 Å². The number of nitrogens with zero attached hydrogens (tertiary/aromatic N) is 1. The summed E-state index contributed by atoms with van der Waals surface area (Å²) in [7, 11) is 3.80. The molecule has 20 heavy (non-hydrogen) atoms. The molecule has 114 valence electrons. The lowest BCUT2D eigenvalue weighted by atomic mass is 10.2. The Bertz CT molecular complexity index is 394. The fraction of sp³-hybridized carbons (Fsp3) is 0.625. The smallest absolute Gasteiger partial charge is 0.161 e. The molecule has 0 atom stereocenters. The fourth-order valence-corrected chi connectivity index (χ4v) is 1.83. The summed E-state index contributed by atoms with van der Waals surface area (Å²) < 4.78 is 11.1. The number of benzene rings is 1. The monoisotopic (exact) mass is 280 g/mol. The Hall–Kier alpha value is -1.26. The van der Waals surface area contributed by atoms with Gasteiger partial charge in [0, 0.05) is 19.6 Å². The molecule has 1 aromatic carbocycles. The molecule has 0 radical (unpaired) electrons. The second kappa shape index (κ2) is 8.82. The maximum atomic E-state index is 5.71. The standard InChI is InChI=1S/C16H28N2O2/c1-6-18(4)10-9-17-12-14-7-8-15(20-13(2)3)16(11-14)19-5/h7-8,11,13,17H,6,9-10,12H2,1-5H3. The first-order chi connectivity index (χ1) is 9.56. The number of methoxy groups -OCH3 is 1. The largest absolute Gasteiger partial charge is 0.493 e. The molecule has 0 aliphatic rings. The predicted octanol–water partition coefficient (Wildman–Crippen LogP) is 2.52. The van der Waals surface area contributed by atoms with Gasteiger partial charge < -0.3 is 19.7 Å². The van der Waals surface area contributed by atoms with Gasteiger partial charge in [0.1, 0.15) is 0 Å². The number of ether oxygens (including phenoxy) is 2. The van der Waals surface area contributed by atoms with Crippen LogP contribution in [0.5, 0.6) is 11.5 Å². The van der Waals surface area contributed by atoms with Crippen molar-refractivity contribution in [1.82, 2.24) is 10.2 Å². The number of rotatable bonds is 9. The summed E-state index contributed by atoms with van der Waals surface area (Å²) >= 11 is 0. The molecule has 1 rings (SSSR count). The molecule has 0 amide bonds. The summed E-state index contributed by atoms with van der Waals surface area (Å²) in [4.78, 5) is 2.28. The Morgan fingerprint density at radius 2 is 2.00 bits per heavy atom. The van der Waals surface area contributed by atoms with E-state index in [9.17, 15) is 0 Å². The highest BCUT2D eigenvalue weighted by atomic mass is 16.5. The minimum atomic E-state index is 0.150. The van der Waals surface area contributed by atoms with E-state index in [-0.39, 0.29) is 6.10 Å². The van der Waals surface area contributed by atoms with Crippen molar-refractivity contribution in [3.63, 3.8) is 0 Å². The van der Waals surface area contributed by atoms with E-state index in [2.05, 4.69) is 30.3 Å². The van der Waals surface area contributed by atoms with Gasteiger partial charge in [-0.3, -0.25) is 0 Å². The second-order valence-corrected chi connectivity index (χ2v) is 5.22. The molecule has 0 unspecified atom stereocenters. The van der Waals surface area contributed by atoms with E-state index < -0.39 is 0 Å². The van der Waals surface area contributed by atoms with Crippen LogP contribution in [-0.4, -0.2) is 44.8 Å². The first kappa shape index (κ1) is 16.8. The molecule has 4 heteroatoms. The lowest BCUT2D eigenvalue weighted by Crippen LogP contribution is -2.28. The average Bonchev–Trinajstić information content (AvgIpc) is 2.43. The van der Waals surface area contributed by atoms with Crippen molar-refractivity contribution >= 4 is 0 Å². The zero-order valence-corrected chi connectivity index (χ0v) is 13.4. The van der Waals surface area contributed by atoms with E-state index in [1.807, 2.05) is 26.0 Å². The molecule has 0 aliphatic carbocycles. The van der Waals surface area contributed by atoms with Gasteiger partial charge in [-0.2, -0.15) is 0 Å². The predicted molar refractivity (Wildman–Crippen MR) is 83.6 cm³/mol. The Morgan fingerprint density at radius 1 is 1.25 bits per heavy atom. The van der Waals surface area contributed by atoms with Gasteiger partial charge in [-0.05, 0) is 45.1 Å². The van der Waals surface area contributed by atoms with Crippen LogP contribution in [0, 0.1) is 0 Å². The van der Waals surface area contributed by atoms with Crippen molar-refractivity contribution in [1.29, 1.82) is 0 Å². The Kier molecular flexibility index (Phi) is 7.41. The van der Waals surface area contributed by atoms with E-state index in [4.69, 9.17) is 9.47 Å². The van der Waals surface area contributed by atoms with Crippen LogP contribution >= 0.6 is 0 Å². The normalized spacial score (nSPS) is 11.2. The van der Waals surface area contributed by atoms with Crippen LogP contribution in [0.3, 0.4) is 0 Å². The Morgan fingerprint density at radius 3 is 2.60 bits per heavy atom. The van der Waals surface area contributed by atoms with E-state index >= 15 is 0 Å². The summed E-state index contributed by atoms with van der Waals surface area (Å²) in [5, 5.41) is 3.44. The third-order valence-electron chi connectivity index (χ3n) is 3.13. The summed E-state index contributed by atoms with van der Waals surface area (Å²) in [5.74, 6) is 1.60. The van der Waals surface area contributed by atoms with Gasteiger partial charge in [0.15, 0.2) is 11.5 Å². The molecule has 0 aliphatic heterocycles. The zero-order valence-electron chi connectivity index (χ0n) is 13.4. The van der Waals surface area contributed by atoms with Crippen molar-refractivity contribution in [3.8, 4) is 11.5 Å². The van der Waals surface area contributed by atoms with Crippen LogP contribution in [0.1, 0.15) is 26.3 Å². The molecule has 0 spiro atoms. The third kappa shape index (κ3) is 5.80. The molecule has 0 heterocycles. The molecule has 1 N–H and O–H groups in total. The summed E-state index contributed by atoms with van der Waals surface area (Å²) in [6.45, 7) is 10.2. The van der Waals surface area contributed by atoms with Crippen molar-refractivity contribution < 1.29 is 9.47 Å². The minimum Gasteiger partial charge on any atom is -0.493 e. The van der Waals surface area contributed by atoms with E-state index in [1.54, 1.807) is 7.11 Å². The van der Waals surface area contributed by atoms with E-state index in [1.165, 1.54) is 5.56 Å². The van der Waals surface area contributed by atoms with Crippen LogP contribution < -0.4 is 14.8 Å². The second-order valence-electron chi connectivity index (χ2n) is 5.22. The molecule has 0 fully saturated rings. The van der Waals surface area contributed by atoms with Crippen LogP contribution in [0.15, 0.2) is 18.2 Å². The number of likely N-dealkylation sites (N-methyl/N-ethyl adjacent to an activating group) is 1. The van der Waals surface area contributed by atoms with Crippen molar-refractivity contribution in [2.24, 2.45) is 0 Å². The molecular formula is C16H28N2O2. The lowest BCUT2D eigenvalue weighted by Gasteiger charge is -2.16. The molecule has 0 bridgehead atoms. The topological polar surface area (TPSA) is 33.7 Å². The molecule has 0 saturated carbocycles. The summed E-state index contributed by atoms with van der Waals surface area (Å²) in [6, 6.07) is 6.10. The van der Waals surface area contributed by atoms with Crippen molar-refractivity contribution in [3.05, 3.63) is 23.8 Å². The van der Waals surface area contributed by atoms with Crippen LogP contribution in [0.4, 0.5) is 0 Å². The van der Waals surface area contributed by atoms with Crippen molar-refractivity contribution in [2.75, 3.05) is 33.8 Å². The molecule has 0 aromatic heterocycles. The number of hydrogen-bond donors (Lipinski definition) is 1. The van der Waals surface area contributed by atoms with Crippen LogP contribution in [0.25, 0.3) is 0 Å². The van der Waals surface area contributed by atoms with Gasteiger partial charge >= 0.3 is 0 Å². The van der Waals surface area contributed by atoms with Gasteiger partial charge in [-0.25, -0.2) is 0 Å². The molecule has 4 nitrogen and oxygen atoms in total.